The molecule has 1 aliphatic rings. The number of hydrogen-bond donors (Lipinski definition) is 2. The summed E-state index contributed by atoms with van der Waals surface area (Å²) in [6, 6.07) is 0.647. The molecule has 1 aliphatic carbocycles. The van der Waals surface area contributed by atoms with Crippen LogP contribution < -0.4 is 5.32 Å². The molecule has 0 aromatic heterocycles. The van der Waals surface area contributed by atoms with E-state index in [1.54, 1.807) is 0 Å². The van der Waals surface area contributed by atoms with Crippen molar-refractivity contribution in [3.05, 3.63) is 0 Å². The molecule has 0 amide bonds. The van der Waals surface area contributed by atoms with Gasteiger partial charge in [-0.1, -0.05) is 12.8 Å². The van der Waals surface area contributed by atoms with Crippen LogP contribution in [0.5, 0.6) is 0 Å². The molecule has 3 nitrogen and oxygen atoms in total. The molecule has 2 unspecified atom stereocenters. The molecule has 0 spiro atoms. The van der Waals surface area contributed by atoms with Crippen molar-refractivity contribution in [1.82, 2.24) is 5.32 Å². The average Bonchev–Trinajstić information content (AvgIpc) is 2.29. The van der Waals surface area contributed by atoms with Crippen molar-refractivity contribution in [2.45, 2.75) is 56.2 Å². The van der Waals surface area contributed by atoms with Gasteiger partial charge in [0.2, 0.25) is 0 Å². The molecule has 0 heterocycles. The van der Waals surface area contributed by atoms with Crippen LogP contribution in [0.2, 0.25) is 0 Å². The quantitative estimate of drug-likeness (QED) is 0.677. The zero-order chi connectivity index (χ0) is 11.8. The second-order valence-electron chi connectivity index (χ2n) is 4.47. The third-order valence-corrected chi connectivity index (χ3v) is 4.40. The number of carboxylic acid groups (broad SMARTS) is 1. The van der Waals surface area contributed by atoms with Gasteiger partial charge in [0.25, 0.3) is 0 Å². The number of carbonyl (C=O) groups is 1. The Kier molecular flexibility index (Phi) is 6.88. The minimum atomic E-state index is -0.681. The van der Waals surface area contributed by atoms with Crippen LogP contribution in [0.15, 0.2) is 0 Å². The maximum Gasteiger partial charge on any atom is 0.303 e. The molecular formula is C12H23NO2S. The predicted molar refractivity (Wildman–Crippen MR) is 69.0 cm³/mol. The standard InChI is InChI=1S/C12H23NO2S/c1-16-11-7-3-2-6-10(11)13-9-5-4-8-12(14)15/h10-11,13H,2-9H2,1H3,(H,14,15). The van der Waals surface area contributed by atoms with E-state index in [0.717, 1.165) is 24.6 Å². The monoisotopic (exact) mass is 245 g/mol. The molecule has 2 atom stereocenters. The summed E-state index contributed by atoms with van der Waals surface area (Å²) in [5, 5.41) is 12.9. The summed E-state index contributed by atoms with van der Waals surface area (Å²) in [5.41, 5.74) is 0. The first-order chi connectivity index (χ1) is 7.74. The van der Waals surface area contributed by atoms with Gasteiger partial charge in [-0.25, -0.2) is 0 Å². The van der Waals surface area contributed by atoms with Gasteiger partial charge in [0.1, 0.15) is 0 Å². The Morgan fingerprint density at radius 2 is 2.12 bits per heavy atom. The minimum Gasteiger partial charge on any atom is -0.481 e. The first-order valence-electron chi connectivity index (χ1n) is 6.22. The van der Waals surface area contributed by atoms with Gasteiger partial charge in [0.15, 0.2) is 0 Å². The van der Waals surface area contributed by atoms with E-state index < -0.39 is 5.97 Å². The summed E-state index contributed by atoms with van der Waals surface area (Å²) >= 11 is 1.97. The third kappa shape index (κ3) is 5.21. The van der Waals surface area contributed by atoms with Gasteiger partial charge in [-0.15, -0.1) is 0 Å². The number of thioether (sulfide) groups is 1. The van der Waals surface area contributed by atoms with Crippen LogP contribution in [0.1, 0.15) is 44.9 Å². The molecule has 0 saturated heterocycles. The third-order valence-electron chi connectivity index (χ3n) is 3.23. The Morgan fingerprint density at radius 3 is 2.81 bits per heavy atom. The highest BCUT2D eigenvalue weighted by Crippen LogP contribution is 2.27. The molecule has 4 heteroatoms. The number of carboxylic acids is 1. The van der Waals surface area contributed by atoms with Crippen molar-refractivity contribution in [3.63, 3.8) is 0 Å². The molecule has 0 bridgehead atoms. The molecule has 94 valence electrons. The Hall–Kier alpha value is -0.220. The molecule has 0 aromatic rings. The van der Waals surface area contributed by atoms with Gasteiger partial charge in [-0.3, -0.25) is 4.79 Å². The molecule has 0 aliphatic heterocycles. The van der Waals surface area contributed by atoms with E-state index in [0.29, 0.717) is 12.5 Å². The average molecular weight is 245 g/mol. The zero-order valence-corrected chi connectivity index (χ0v) is 10.9. The van der Waals surface area contributed by atoms with Gasteiger partial charge in [0.05, 0.1) is 0 Å². The smallest absolute Gasteiger partial charge is 0.303 e. The fourth-order valence-electron chi connectivity index (χ4n) is 2.30. The van der Waals surface area contributed by atoms with Crippen LogP contribution in [-0.2, 0) is 4.79 Å². The number of rotatable bonds is 7. The van der Waals surface area contributed by atoms with E-state index in [1.807, 2.05) is 11.8 Å². The molecule has 2 N–H and O–H groups in total. The highest BCUT2D eigenvalue weighted by Gasteiger charge is 2.23. The van der Waals surface area contributed by atoms with Crippen molar-refractivity contribution in [3.8, 4) is 0 Å². The highest BCUT2D eigenvalue weighted by atomic mass is 32.2. The van der Waals surface area contributed by atoms with E-state index in [9.17, 15) is 4.79 Å². The fraction of sp³-hybridized carbons (Fsp3) is 0.917. The summed E-state index contributed by atoms with van der Waals surface area (Å²) in [6.45, 7) is 0.967. The van der Waals surface area contributed by atoms with Gasteiger partial charge in [0, 0.05) is 17.7 Å². The van der Waals surface area contributed by atoms with E-state index in [1.165, 1.54) is 25.7 Å². The fourth-order valence-corrected chi connectivity index (χ4v) is 3.26. The van der Waals surface area contributed by atoms with E-state index >= 15 is 0 Å². The first-order valence-corrected chi connectivity index (χ1v) is 7.51. The summed E-state index contributed by atoms with van der Waals surface area (Å²) in [5.74, 6) is -0.681. The molecule has 0 aromatic carbocycles. The van der Waals surface area contributed by atoms with Crippen molar-refractivity contribution in [2.24, 2.45) is 0 Å². The Morgan fingerprint density at radius 1 is 1.38 bits per heavy atom. The lowest BCUT2D eigenvalue weighted by Gasteiger charge is -2.31. The second-order valence-corrected chi connectivity index (χ2v) is 5.55. The Labute approximate surface area is 102 Å². The van der Waals surface area contributed by atoms with Crippen LogP contribution in [0.3, 0.4) is 0 Å². The normalized spacial score (nSPS) is 25.6. The molecule has 0 radical (unpaired) electrons. The van der Waals surface area contributed by atoms with E-state index in [2.05, 4.69) is 11.6 Å². The van der Waals surface area contributed by atoms with E-state index in [-0.39, 0.29) is 0 Å². The van der Waals surface area contributed by atoms with Gasteiger partial charge in [-0.2, -0.15) is 11.8 Å². The lowest BCUT2D eigenvalue weighted by molar-refractivity contribution is -0.137. The minimum absolute atomic E-state index is 0.304. The SMILES string of the molecule is CSC1CCCCC1NCCCCC(=O)O. The lowest BCUT2D eigenvalue weighted by Crippen LogP contribution is -2.40. The summed E-state index contributed by atoms with van der Waals surface area (Å²) in [4.78, 5) is 10.3. The molecule has 1 saturated carbocycles. The summed E-state index contributed by atoms with van der Waals surface area (Å²) < 4.78 is 0. The summed E-state index contributed by atoms with van der Waals surface area (Å²) in [6.07, 6.45) is 9.57. The lowest BCUT2D eigenvalue weighted by atomic mass is 9.95. The van der Waals surface area contributed by atoms with Crippen molar-refractivity contribution < 1.29 is 9.90 Å². The van der Waals surface area contributed by atoms with Crippen LogP contribution >= 0.6 is 11.8 Å². The molecule has 1 fully saturated rings. The second kappa shape index (κ2) is 7.96. The van der Waals surface area contributed by atoms with Crippen molar-refractivity contribution in [2.75, 3.05) is 12.8 Å². The number of unbranched alkanes of at least 4 members (excludes halogenated alkanes) is 1. The molecular weight excluding hydrogens is 222 g/mol. The Balaban J connectivity index is 2.08. The molecule has 16 heavy (non-hydrogen) atoms. The first kappa shape index (κ1) is 13.8. The highest BCUT2D eigenvalue weighted by molar-refractivity contribution is 7.99. The largest absolute Gasteiger partial charge is 0.481 e. The summed E-state index contributed by atoms with van der Waals surface area (Å²) in [7, 11) is 0. The van der Waals surface area contributed by atoms with Crippen LogP contribution in [0.25, 0.3) is 0 Å². The van der Waals surface area contributed by atoms with Gasteiger partial charge in [-0.05, 0) is 38.5 Å². The topological polar surface area (TPSA) is 49.3 Å². The predicted octanol–water partition coefficient (Wildman–Crippen LogP) is 2.51. The van der Waals surface area contributed by atoms with Crippen LogP contribution in [0, 0.1) is 0 Å². The number of aliphatic carboxylic acids is 1. The maximum absolute atomic E-state index is 10.3. The van der Waals surface area contributed by atoms with Gasteiger partial charge < -0.3 is 10.4 Å². The van der Waals surface area contributed by atoms with Crippen LogP contribution in [0.4, 0.5) is 0 Å². The maximum atomic E-state index is 10.3. The number of nitrogens with one attached hydrogen (secondary N) is 1. The van der Waals surface area contributed by atoms with Crippen molar-refractivity contribution in [1.29, 1.82) is 0 Å². The Bertz CT molecular complexity index is 211. The van der Waals surface area contributed by atoms with Crippen LogP contribution in [-0.4, -0.2) is 35.2 Å². The van der Waals surface area contributed by atoms with Gasteiger partial charge >= 0.3 is 5.97 Å². The number of hydrogen-bond acceptors (Lipinski definition) is 3. The molecule has 1 rings (SSSR count). The van der Waals surface area contributed by atoms with Crippen molar-refractivity contribution >= 4 is 17.7 Å². The zero-order valence-electron chi connectivity index (χ0n) is 10.1. The van der Waals surface area contributed by atoms with E-state index in [4.69, 9.17) is 5.11 Å².